The van der Waals surface area contributed by atoms with Crippen LogP contribution in [0.5, 0.6) is 5.75 Å². The van der Waals surface area contributed by atoms with Gasteiger partial charge in [0.25, 0.3) is 0 Å². The van der Waals surface area contributed by atoms with Crippen molar-refractivity contribution in [1.82, 2.24) is 10.2 Å². The van der Waals surface area contributed by atoms with E-state index in [0.29, 0.717) is 10.8 Å². The molecule has 19 heavy (non-hydrogen) atoms. The Morgan fingerprint density at radius 3 is 3.00 bits per heavy atom. The Hall–Kier alpha value is -1.28. The number of hydrogen-bond acceptors (Lipinski definition) is 4. The van der Waals surface area contributed by atoms with Crippen molar-refractivity contribution in [3.8, 4) is 11.8 Å². The van der Waals surface area contributed by atoms with Crippen molar-refractivity contribution in [2.45, 2.75) is 12.5 Å². The molecule has 5 heteroatoms. The monoisotopic (exact) mass is 279 g/mol. The average molecular weight is 280 g/mol. The summed E-state index contributed by atoms with van der Waals surface area (Å²) in [6.07, 6.45) is 1.03. The summed E-state index contributed by atoms with van der Waals surface area (Å²) in [7, 11) is 1.60. The van der Waals surface area contributed by atoms with Crippen LogP contribution in [0.1, 0.15) is 18.0 Å². The van der Waals surface area contributed by atoms with Crippen LogP contribution >= 0.6 is 11.6 Å². The Bertz CT molecular complexity index is 464. The summed E-state index contributed by atoms with van der Waals surface area (Å²) >= 11 is 6.27. The SMILES string of the molecule is COc1cccc(Cl)c1C(C#N)N1CCCNCC1. The van der Waals surface area contributed by atoms with Gasteiger partial charge in [-0.2, -0.15) is 5.26 Å². The Kier molecular flexibility index (Phi) is 5.03. The molecular formula is C14H18ClN3O. The molecule has 0 saturated carbocycles. The average Bonchev–Trinajstić information content (AvgIpc) is 2.70. The van der Waals surface area contributed by atoms with Crippen molar-refractivity contribution in [2.24, 2.45) is 0 Å². The summed E-state index contributed by atoms with van der Waals surface area (Å²) in [4.78, 5) is 2.16. The fourth-order valence-electron chi connectivity index (χ4n) is 2.41. The lowest BCUT2D eigenvalue weighted by atomic mass is 10.0. The zero-order valence-corrected chi connectivity index (χ0v) is 11.8. The molecule has 1 heterocycles. The van der Waals surface area contributed by atoms with Crippen LogP contribution in [0.25, 0.3) is 0 Å². The van der Waals surface area contributed by atoms with E-state index in [1.807, 2.05) is 12.1 Å². The van der Waals surface area contributed by atoms with Crippen molar-refractivity contribution in [3.63, 3.8) is 0 Å². The van der Waals surface area contributed by atoms with Gasteiger partial charge < -0.3 is 10.1 Å². The first kappa shape index (κ1) is 14.1. The highest BCUT2D eigenvalue weighted by Crippen LogP contribution is 2.35. The molecule has 1 aliphatic rings. The number of benzene rings is 1. The smallest absolute Gasteiger partial charge is 0.128 e. The van der Waals surface area contributed by atoms with Gasteiger partial charge >= 0.3 is 0 Å². The van der Waals surface area contributed by atoms with Crippen LogP contribution in [0.15, 0.2) is 18.2 Å². The summed E-state index contributed by atoms with van der Waals surface area (Å²) in [6, 6.07) is 7.50. The molecule has 4 nitrogen and oxygen atoms in total. The first-order chi connectivity index (χ1) is 9.27. The number of halogens is 1. The number of nitrogens with one attached hydrogen (secondary N) is 1. The van der Waals surface area contributed by atoms with E-state index in [-0.39, 0.29) is 6.04 Å². The van der Waals surface area contributed by atoms with Crippen molar-refractivity contribution in [2.75, 3.05) is 33.3 Å². The Balaban J connectivity index is 2.33. The molecule has 0 amide bonds. The third kappa shape index (κ3) is 3.19. The number of hydrogen-bond donors (Lipinski definition) is 1. The fraction of sp³-hybridized carbons (Fsp3) is 0.500. The zero-order valence-electron chi connectivity index (χ0n) is 11.0. The first-order valence-corrected chi connectivity index (χ1v) is 6.82. The lowest BCUT2D eigenvalue weighted by Crippen LogP contribution is -2.32. The molecule has 2 rings (SSSR count). The largest absolute Gasteiger partial charge is 0.496 e. The Labute approximate surface area is 118 Å². The van der Waals surface area contributed by atoms with Gasteiger partial charge in [-0.05, 0) is 25.1 Å². The highest BCUT2D eigenvalue weighted by atomic mass is 35.5. The second kappa shape index (κ2) is 6.76. The number of nitrogens with zero attached hydrogens (tertiary/aromatic N) is 2. The van der Waals surface area contributed by atoms with E-state index in [0.717, 1.165) is 38.2 Å². The minimum atomic E-state index is -0.358. The number of ether oxygens (including phenoxy) is 1. The summed E-state index contributed by atoms with van der Waals surface area (Å²) in [5.41, 5.74) is 0.774. The summed E-state index contributed by atoms with van der Waals surface area (Å²) < 4.78 is 5.35. The van der Waals surface area contributed by atoms with Gasteiger partial charge in [-0.1, -0.05) is 17.7 Å². The standard InChI is InChI=1S/C14H18ClN3O/c1-19-13-5-2-4-11(15)14(13)12(10-16)18-8-3-6-17-7-9-18/h2,4-5,12,17H,3,6-9H2,1H3. The van der Waals surface area contributed by atoms with Gasteiger partial charge in [0, 0.05) is 25.2 Å². The van der Waals surface area contributed by atoms with Gasteiger partial charge in [-0.15, -0.1) is 0 Å². The number of methoxy groups -OCH3 is 1. The Morgan fingerprint density at radius 2 is 2.26 bits per heavy atom. The normalized spacial score (nSPS) is 18.4. The van der Waals surface area contributed by atoms with Crippen molar-refractivity contribution in [3.05, 3.63) is 28.8 Å². The molecular weight excluding hydrogens is 262 g/mol. The zero-order chi connectivity index (χ0) is 13.7. The maximum atomic E-state index is 9.54. The molecule has 1 fully saturated rings. The minimum absolute atomic E-state index is 0.358. The maximum absolute atomic E-state index is 9.54. The molecule has 1 unspecified atom stereocenters. The van der Waals surface area contributed by atoms with Gasteiger partial charge in [0.2, 0.25) is 0 Å². The molecule has 1 atom stereocenters. The third-order valence-electron chi connectivity index (χ3n) is 3.37. The van der Waals surface area contributed by atoms with Crippen molar-refractivity contribution < 1.29 is 4.74 Å². The predicted octanol–water partition coefficient (Wildman–Crippen LogP) is 2.21. The van der Waals surface area contributed by atoms with Crippen LogP contribution in [-0.4, -0.2) is 38.2 Å². The molecule has 0 aromatic heterocycles. The topological polar surface area (TPSA) is 48.3 Å². The van der Waals surface area contributed by atoms with Crippen molar-refractivity contribution in [1.29, 1.82) is 5.26 Å². The fourth-order valence-corrected chi connectivity index (χ4v) is 2.68. The van der Waals surface area contributed by atoms with Crippen LogP contribution in [-0.2, 0) is 0 Å². The third-order valence-corrected chi connectivity index (χ3v) is 3.70. The summed E-state index contributed by atoms with van der Waals surface area (Å²) in [6.45, 7) is 3.62. The molecule has 0 spiro atoms. The van der Waals surface area contributed by atoms with E-state index in [2.05, 4.69) is 16.3 Å². The summed E-state index contributed by atoms with van der Waals surface area (Å²) in [5.74, 6) is 0.677. The second-order valence-corrected chi connectivity index (χ2v) is 4.93. The van der Waals surface area contributed by atoms with Crippen LogP contribution in [0.3, 0.4) is 0 Å². The molecule has 102 valence electrons. The molecule has 1 saturated heterocycles. The van der Waals surface area contributed by atoms with E-state index in [1.54, 1.807) is 13.2 Å². The van der Waals surface area contributed by atoms with Gasteiger partial charge in [0.1, 0.15) is 11.8 Å². The lowest BCUT2D eigenvalue weighted by molar-refractivity contribution is 0.247. The van der Waals surface area contributed by atoms with E-state index in [9.17, 15) is 5.26 Å². The first-order valence-electron chi connectivity index (χ1n) is 6.44. The molecule has 0 bridgehead atoms. The number of rotatable bonds is 3. The van der Waals surface area contributed by atoms with Crippen LogP contribution in [0.4, 0.5) is 0 Å². The van der Waals surface area contributed by atoms with Gasteiger partial charge in [-0.25, -0.2) is 0 Å². The van der Waals surface area contributed by atoms with Crippen LogP contribution in [0.2, 0.25) is 5.02 Å². The van der Waals surface area contributed by atoms with Crippen LogP contribution in [0, 0.1) is 11.3 Å². The van der Waals surface area contributed by atoms with Gasteiger partial charge in [0.15, 0.2) is 0 Å². The highest BCUT2D eigenvalue weighted by molar-refractivity contribution is 6.31. The molecule has 1 aromatic rings. The van der Waals surface area contributed by atoms with Gasteiger partial charge in [-0.3, -0.25) is 4.90 Å². The molecule has 1 N–H and O–H groups in total. The van der Waals surface area contributed by atoms with E-state index < -0.39 is 0 Å². The van der Waals surface area contributed by atoms with Gasteiger partial charge in [0.05, 0.1) is 18.2 Å². The summed E-state index contributed by atoms with van der Waals surface area (Å²) in [5, 5.41) is 13.5. The predicted molar refractivity (Wildman–Crippen MR) is 75.4 cm³/mol. The molecule has 1 aromatic carbocycles. The lowest BCUT2D eigenvalue weighted by Gasteiger charge is -2.27. The van der Waals surface area contributed by atoms with E-state index in [4.69, 9.17) is 16.3 Å². The maximum Gasteiger partial charge on any atom is 0.128 e. The Morgan fingerprint density at radius 1 is 1.42 bits per heavy atom. The minimum Gasteiger partial charge on any atom is -0.496 e. The highest BCUT2D eigenvalue weighted by Gasteiger charge is 2.26. The molecule has 1 aliphatic heterocycles. The van der Waals surface area contributed by atoms with Crippen LogP contribution < -0.4 is 10.1 Å². The van der Waals surface area contributed by atoms with E-state index >= 15 is 0 Å². The number of nitriles is 1. The second-order valence-electron chi connectivity index (χ2n) is 4.53. The molecule has 0 aliphatic carbocycles. The van der Waals surface area contributed by atoms with Crippen molar-refractivity contribution >= 4 is 11.6 Å². The van der Waals surface area contributed by atoms with E-state index in [1.165, 1.54) is 0 Å². The quantitative estimate of drug-likeness (QED) is 0.922. The molecule has 0 radical (unpaired) electrons.